The molecule has 0 aliphatic heterocycles. The first kappa shape index (κ1) is 22.4. The van der Waals surface area contributed by atoms with Crippen molar-refractivity contribution in [1.82, 2.24) is 25.3 Å². The van der Waals surface area contributed by atoms with E-state index >= 15 is 0 Å². The third-order valence-corrected chi connectivity index (χ3v) is 5.86. The Bertz CT molecular complexity index is 1510. The number of aromatic amines is 1. The molecule has 0 saturated heterocycles. The number of nitrogens with one attached hydrogen (secondary N) is 2. The van der Waals surface area contributed by atoms with E-state index in [1.54, 1.807) is 24.3 Å². The van der Waals surface area contributed by atoms with Gasteiger partial charge in [-0.05, 0) is 35.9 Å². The van der Waals surface area contributed by atoms with Crippen molar-refractivity contribution in [2.24, 2.45) is 0 Å². The average molecular weight is 484 g/mol. The van der Waals surface area contributed by atoms with Gasteiger partial charge in [-0.25, -0.2) is 23.0 Å². The zero-order chi connectivity index (χ0) is 24.9. The molecular weight excluding hydrogens is 465 g/mol. The van der Waals surface area contributed by atoms with Crippen LogP contribution in [-0.4, -0.2) is 38.9 Å². The number of nitrogens with zero attached hydrogens (tertiary/aromatic N) is 3. The van der Waals surface area contributed by atoms with Crippen molar-refractivity contribution in [1.29, 1.82) is 0 Å². The van der Waals surface area contributed by atoms with Crippen molar-refractivity contribution >= 4 is 22.6 Å². The number of carbonyl (C=O) groups excluding carboxylic acids is 1. The third kappa shape index (κ3) is 3.96. The van der Waals surface area contributed by atoms with Crippen LogP contribution in [-0.2, 0) is 6.54 Å². The molecule has 2 aromatic carbocycles. The van der Waals surface area contributed by atoms with Crippen molar-refractivity contribution in [3.63, 3.8) is 0 Å². The summed E-state index contributed by atoms with van der Waals surface area (Å²) < 4.78 is 47.5. The molecule has 180 valence electrons. The molecule has 1 saturated carbocycles. The Morgan fingerprint density at radius 2 is 2.00 bits per heavy atom. The number of hydrogen-bond donors (Lipinski definition) is 3. The van der Waals surface area contributed by atoms with E-state index in [-0.39, 0.29) is 40.3 Å². The Morgan fingerprint density at radius 1 is 1.29 bits per heavy atom. The van der Waals surface area contributed by atoms with Crippen LogP contribution in [0.5, 0.6) is 5.75 Å². The second kappa shape index (κ2) is 8.15. The fourth-order valence-corrected chi connectivity index (χ4v) is 3.95. The van der Waals surface area contributed by atoms with Gasteiger partial charge in [0.05, 0.1) is 35.4 Å². The van der Waals surface area contributed by atoms with E-state index in [0.29, 0.717) is 11.3 Å². The zero-order valence-electron chi connectivity index (χ0n) is 18.3. The van der Waals surface area contributed by atoms with Crippen LogP contribution in [0.4, 0.5) is 19.0 Å². The molecule has 1 aliphatic rings. The minimum absolute atomic E-state index is 0.0138. The monoisotopic (exact) mass is 484 g/mol. The maximum atomic E-state index is 13.8. The predicted molar refractivity (Wildman–Crippen MR) is 120 cm³/mol. The molecule has 4 aromatic rings. The molecule has 2 aromatic heterocycles. The van der Waals surface area contributed by atoms with Gasteiger partial charge in [-0.1, -0.05) is 12.1 Å². The molecule has 1 amide bonds. The van der Waals surface area contributed by atoms with Crippen LogP contribution in [0.25, 0.3) is 16.6 Å². The topological polar surface area (TPSA) is 128 Å². The molecule has 1 unspecified atom stereocenters. The van der Waals surface area contributed by atoms with Gasteiger partial charge in [-0.2, -0.15) is 10.2 Å². The third-order valence-electron chi connectivity index (χ3n) is 5.86. The van der Waals surface area contributed by atoms with Crippen LogP contribution < -0.4 is 21.3 Å². The van der Waals surface area contributed by atoms with Gasteiger partial charge in [-0.15, -0.1) is 0 Å². The lowest BCUT2D eigenvalue weighted by atomic mass is 10.1. The number of nitrogen functional groups attached to an aromatic ring is 1. The summed E-state index contributed by atoms with van der Waals surface area (Å²) in [5.41, 5.74) is 6.65. The summed E-state index contributed by atoms with van der Waals surface area (Å²) in [4.78, 5) is 24.9. The van der Waals surface area contributed by atoms with E-state index in [2.05, 4.69) is 20.6 Å². The number of ether oxygens (including phenoxy) is 1. The Hall–Kier alpha value is -4.35. The number of halogens is 3. The lowest BCUT2D eigenvalue weighted by molar-refractivity contribution is 0.0947. The molecule has 0 bridgehead atoms. The van der Waals surface area contributed by atoms with E-state index in [1.165, 1.54) is 23.9 Å². The van der Waals surface area contributed by atoms with Gasteiger partial charge < -0.3 is 15.8 Å². The van der Waals surface area contributed by atoms with Gasteiger partial charge in [0, 0.05) is 13.0 Å². The first-order valence-corrected chi connectivity index (χ1v) is 10.5. The highest BCUT2D eigenvalue weighted by atomic mass is 19.3. The summed E-state index contributed by atoms with van der Waals surface area (Å²) in [6, 6.07) is 10.3. The summed E-state index contributed by atoms with van der Waals surface area (Å²) in [5, 5.41) is 12.9. The van der Waals surface area contributed by atoms with Crippen molar-refractivity contribution in [3.8, 4) is 11.4 Å². The number of anilines is 1. The molecule has 0 spiro atoms. The SMILES string of the molecule is COc1ccc(F)cc1C(=O)NCc1ccc(-n2nc(C3CC3(F)F)c3c(=O)[nH]nc(N)c32)cc1. The fraction of sp³-hybridized carbons (Fsp3) is 0.217. The number of amides is 1. The van der Waals surface area contributed by atoms with Gasteiger partial charge in [0.25, 0.3) is 17.4 Å². The number of carbonyl (C=O) groups is 1. The first-order chi connectivity index (χ1) is 16.7. The highest BCUT2D eigenvalue weighted by Crippen LogP contribution is 2.56. The molecule has 12 heteroatoms. The van der Waals surface area contributed by atoms with Gasteiger partial charge in [0.2, 0.25) is 0 Å². The number of methoxy groups -OCH3 is 1. The molecule has 9 nitrogen and oxygen atoms in total. The Labute approximate surface area is 195 Å². The van der Waals surface area contributed by atoms with Crippen molar-refractivity contribution in [3.05, 3.63) is 75.5 Å². The molecule has 1 fully saturated rings. The molecule has 5 rings (SSSR count). The second-order valence-corrected chi connectivity index (χ2v) is 8.17. The molecule has 1 aliphatic carbocycles. The molecule has 35 heavy (non-hydrogen) atoms. The quantitative estimate of drug-likeness (QED) is 0.386. The standard InChI is InChI=1S/C23H19F3N6O3/c1-35-16-7-4-12(24)8-14(16)21(33)28-10-11-2-5-13(6-3-11)32-19-17(22(34)30-29-20(19)27)18(31-32)15-9-23(15,25)26/h2-8,15H,9-10H2,1H3,(H2,27,29)(H,28,33)(H,30,34). The van der Waals surface area contributed by atoms with E-state index in [1.807, 2.05) is 0 Å². The van der Waals surface area contributed by atoms with Crippen LogP contribution in [0, 0.1) is 5.82 Å². The van der Waals surface area contributed by atoms with Crippen LogP contribution in [0.15, 0.2) is 47.3 Å². The molecule has 4 N–H and O–H groups in total. The number of benzene rings is 2. The normalized spacial score (nSPS) is 16.3. The molecule has 1 atom stereocenters. The van der Waals surface area contributed by atoms with Crippen LogP contribution >= 0.6 is 0 Å². The number of H-pyrrole nitrogens is 1. The fourth-order valence-electron chi connectivity index (χ4n) is 3.95. The lowest BCUT2D eigenvalue weighted by Gasteiger charge is -2.10. The van der Waals surface area contributed by atoms with Crippen molar-refractivity contribution < 1.29 is 22.7 Å². The molecule has 0 radical (unpaired) electrons. The highest BCUT2D eigenvalue weighted by molar-refractivity contribution is 5.97. The second-order valence-electron chi connectivity index (χ2n) is 8.17. The van der Waals surface area contributed by atoms with E-state index < -0.39 is 35.5 Å². The highest BCUT2D eigenvalue weighted by Gasteiger charge is 2.60. The van der Waals surface area contributed by atoms with Gasteiger partial charge in [-0.3, -0.25) is 9.59 Å². The van der Waals surface area contributed by atoms with Crippen molar-refractivity contribution in [2.75, 3.05) is 12.8 Å². The zero-order valence-corrected chi connectivity index (χ0v) is 18.3. The molecular formula is C23H19F3N6O3. The van der Waals surface area contributed by atoms with E-state index in [9.17, 15) is 22.8 Å². The summed E-state index contributed by atoms with van der Waals surface area (Å²) in [7, 11) is 1.38. The number of aromatic nitrogens is 4. The maximum Gasteiger partial charge on any atom is 0.275 e. The number of rotatable bonds is 6. The van der Waals surface area contributed by atoms with Crippen LogP contribution in [0.3, 0.4) is 0 Å². The number of fused-ring (bicyclic) bond motifs is 1. The largest absolute Gasteiger partial charge is 0.496 e. The predicted octanol–water partition coefficient (Wildman–Crippen LogP) is 2.89. The van der Waals surface area contributed by atoms with Crippen LogP contribution in [0.1, 0.15) is 34.0 Å². The molecule has 2 heterocycles. The Morgan fingerprint density at radius 3 is 2.66 bits per heavy atom. The van der Waals surface area contributed by atoms with E-state index in [4.69, 9.17) is 10.5 Å². The lowest BCUT2D eigenvalue weighted by Crippen LogP contribution is -2.23. The summed E-state index contributed by atoms with van der Waals surface area (Å²) >= 11 is 0. The minimum Gasteiger partial charge on any atom is -0.496 e. The number of hydrogen-bond acceptors (Lipinski definition) is 6. The number of alkyl halides is 2. The first-order valence-electron chi connectivity index (χ1n) is 10.5. The van der Waals surface area contributed by atoms with Crippen LogP contribution in [0.2, 0.25) is 0 Å². The van der Waals surface area contributed by atoms with Gasteiger partial charge in [0.15, 0.2) is 5.82 Å². The summed E-state index contributed by atoms with van der Waals surface area (Å²) in [6.45, 7) is 0.127. The summed E-state index contributed by atoms with van der Waals surface area (Å²) in [5.74, 6) is -4.99. The maximum absolute atomic E-state index is 13.8. The Balaban J connectivity index is 1.41. The summed E-state index contributed by atoms with van der Waals surface area (Å²) in [6.07, 6.45) is -0.393. The van der Waals surface area contributed by atoms with E-state index in [0.717, 1.165) is 6.07 Å². The van der Waals surface area contributed by atoms with Gasteiger partial charge in [0.1, 0.15) is 17.1 Å². The minimum atomic E-state index is -2.93. The smallest absolute Gasteiger partial charge is 0.275 e. The number of nitrogens with two attached hydrogens (primary N) is 1. The average Bonchev–Trinajstić information content (AvgIpc) is 3.29. The Kier molecular flexibility index (Phi) is 5.23. The van der Waals surface area contributed by atoms with Crippen molar-refractivity contribution in [2.45, 2.75) is 24.8 Å². The van der Waals surface area contributed by atoms with Gasteiger partial charge >= 0.3 is 0 Å².